The van der Waals surface area contributed by atoms with Crippen molar-refractivity contribution in [3.8, 4) is 0 Å². The lowest BCUT2D eigenvalue weighted by atomic mass is 10.7. The molecule has 0 bridgehead atoms. The van der Waals surface area contributed by atoms with Crippen LogP contribution in [0.2, 0.25) is 0 Å². The third-order valence-electron chi connectivity index (χ3n) is 0.691. The normalized spacial score (nSPS) is 12.7. The van der Waals surface area contributed by atoms with Crippen molar-refractivity contribution in [2.75, 3.05) is 13.2 Å². The molecule has 1 atom stereocenters. The van der Waals surface area contributed by atoms with Crippen LogP contribution in [0.3, 0.4) is 0 Å². The molecular weight excluding hydrogens is 124 g/mol. The molecule has 0 heterocycles. The number of hydrogen-bond donors (Lipinski definition) is 1. The van der Waals surface area contributed by atoms with Gasteiger partial charge in [0.1, 0.15) is 0 Å². The maximum absolute atomic E-state index is 9.61. The molecule has 0 saturated heterocycles. The van der Waals surface area contributed by atoms with Gasteiger partial charge in [-0.25, -0.2) is 0 Å². The Kier molecular flexibility index (Phi) is 5.15. The SMILES string of the molecule is CC(OC=O)OCCO. The molecule has 4 nitrogen and oxygen atoms in total. The Morgan fingerprint density at radius 2 is 2.44 bits per heavy atom. The van der Waals surface area contributed by atoms with E-state index in [0.717, 1.165) is 0 Å². The molecule has 0 aliphatic heterocycles. The van der Waals surface area contributed by atoms with E-state index in [9.17, 15) is 4.79 Å². The minimum Gasteiger partial charge on any atom is -0.438 e. The van der Waals surface area contributed by atoms with Crippen LogP contribution in [-0.4, -0.2) is 31.1 Å². The summed E-state index contributed by atoms with van der Waals surface area (Å²) in [5, 5.41) is 8.21. The molecule has 4 heteroatoms. The highest BCUT2D eigenvalue weighted by Crippen LogP contribution is 1.88. The van der Waals surface area contributed by atoms with Crippen molar-refractivity contribution in [3.05, 3.63) is 0 Å². The van der Waals surface area contributed by atoms with Crippen LogP contribution >= 0.6 is 0 Å². The molecule has 1 unspecified atom stereocenters. The monoisotopic (exact) mass is 134 g/mol. The molecule has 0 spiro atoms. The van der Waals surface area contributed by atoms with E-state index in [1.807, 2.05) is 0 Å². The van der Waals surface area contributed by atoms with Crippen molar-refractivity contribution >= 4 is 6.47 Å². The van der Waals surface area contributed by atoms with Gasteiger partial charge in [-0.2, -0.15) is 0 Å². The second-order valence-corrected chi connectivity index (χ2v) is 1.39. The van der Waals surface area contributed by atoms with Crippen molar-refractivity contribution < 1.29 is 19.4 Å². The molecule has 0 amide bonds. The molecular formula is C5H10O4. The summed E-state index contributed by atoms with van der Waals surface area (Å²) in [4.78, 5) is 9.61. The second-order valence-electron chi connectivity index (χ2n) is 1.39. The van der Waals surface area contributed by atoms with Crippen molar-refractivity contribution in [3.63, 3.8) is 0 Å². The number of hydrogen-bond acceptors (Lipinski definition) is 4. The summed E-state index contributed by atoms with van der Waals surface area (Å²) in [6.45, 7) is 2.01. The summed E-state index contributed by atoms with van der Waals surface area (Å²) in [7, 11) is 0. The molecule has 0 fully saturated rings. The summed E-state index contributed by atoms with van der Waals surface area (Å²) in [5.41, 5.74) is 0. The highest BCUT2D eigenvalue weighted by atomic mass is 16.7. The molecule has 0 aromatic heterocycles. The molecule has 0 aromatic carbocycles. The van der Waals surface area contributed by atoms with Crippen molar-refractivity contribution in [2.45, 2.75) is 13.2 Å². The van der Waals surface area contributed by atoms with Crippen molar-refractivity contribution in [2.24, 2.45) is 0 Å². The number of carbonyl (C=O) groups is 1. The highest BCUT2D eigenvalue weighted by Gasteiger charge is 1.97. The van der Waals surface area contributed by atoms with Crippen LogP contribution in [-0.2, 0) is 14.3 Å². The molecule has 0 radical (unpaired) electrons. The molecule has 54 valence electrons. The van der Waals surface area contributed by atoms with Gasteiger partial charge in [0.15, 0.2) is 6.29 Å². The first-order valence-corrected chi connectivity index (χ1v) is 2.63. The maximum Gasteiger partial charge on any atom is 0.295 e. The minimum atomic E-state index is -0.561. The van der Waals surface area contributed by atoms with Crippen LogP contribution in [0.5, 0.6) is 0 Å². The third-order valence-corrected chi connectivity index (χ3v) is 0.691. The first-order valence-electron chi connectivity index (χ1n) is 2.63. The van der Waals surface area contributed by atoms with Crippen LogP contribution in [0, 0.1) is 0 Å². The summed E-state index contributed by atoms with van der Waals surface area (Å²) in [6, 6.07) is 0. The lowest BCUT2D eigenvalue weighted by molar-refractivity contribution is -0.161. The molecule has 0 rings (SSSR count). The Hall–Kier alpha value is -0.610. The lowest BCUT2D eigenvalue weighted by Gasteiger charge is -2.08. The van der Waals surface area contributed by atoms with Gasteiger partial charge in [0.25, 0.3) is 6.47 Å². The molecule has 9 heavy (non-hydrogen) atoms. The second kappa shape index (κ2) is 5.53. The fourth-order valence-corrected chi connectivity index (χ4v) is 0.336. The van der Waals surface area contributed by atoms with Gasteiger partial charge < -0.3 is 14.6 Å². The van der Waals surface area contributed by atoms with Gasteiger partial charge in [-0.1, -0.05) is 0 Å². The van der Waals surface area contributed by atoms with E-state index in [-0.39, 0.29) is 13.2 Å². The van der Waals surface area contributed by atoms with Crippen molar-refractivity contribution in [1.82, 2.24) is 0 Å². The first-order chi connectivity index (χ1) is 4.31. The summed E-state index contributed by atoms with van der Waals surface area (Å²) in [5.74, 6) is 0. The Morgan fingerprint density at radius 1 is 1.78 bits per heavy atom. The van der Waals surface area contributed by atoms with Gasteiger partial charge in [0.2, 0.25) is 0 Å². The molecule has 0 aromatic rings. The summed E-state index contributed by atoms with van der Waals surface area (Å²) >= 11 is 0. The number of aliphatic hydroxyl groups excluding tert-OH is 1. The highest BCUT2D eigenvalue weighted by molar-refractivity contribution is 5.37. The zero-order valence-corrected chi connectivity index (χ0v) is 5.24. The smallest absolute Gasteiger partial charge is 0.295 e. The maximum atomic E-state index is 9.61. The average molecular weight is 134 g/mol. The molecule has 0 aliphatic rings. The van der Waals surface area contributed by atoms with Gasteiger partial charge in [0.05, 0.1) is 13.2 Å². The Balaban J connectivity index is 3.04. The van der Waals surface area contributed by atoms with Crippen LogP contribution in [0.4, 0.5) is 0 Å². The van der Waals surface area contributed by atoms with E-state index in [1.54, 1.807) is 6.92 Å². The Labute approximate surface area is 53.4 Å². The number of rotatable bonds is 5. The number of ether oxygens (including phenoxy) is 2. The van der Waals surface area contributed by atoms with Crippen LogP contribution in [0.25, 0.3) is 0 Å². The number of aliphatic hydroxyl groups is 1. The minimum absolute atomic E-state index is 0.0629. The molecule has 1 N–H and O–H groups in total. The largest absolute Gasteiger partial charge is 0.438 e. The van der Waals surface area contributed by atoms with E-state index in [1.165, 1.54) is 0 Å². The van der Waals surface area contributed by atoms with E-state index >= 15 is 0 Å². The molecule has 0 aliphatic carbocycles. The van der Waals surface area contributed by atoms with Gasteiger partial charge in [0, 0.05) is 0 Å². The lowest BCUT2D eigenvalue weighted by Crippen LogP contribution is -2.14. The van der Waals surface area contributed by atoms with Crippen LogP contribution in [0.1, 0.15) is 6.92 Å². The first kappa shape index (κ1) is 8.39. The zero-order valence-electron chi connectivity index (χ0n) is 5.24. The summed E-state index contributed by atoms with van der Waals surface area (Å²) in [6.07, 6.45) is -0.561. The molecule has 0 saturated carbocycles. The Morgan fingerprint density at radius 3 is 2.89 bits per heavy atom. The zero-order chi connectivity index (χ0) is 7.11. The predicted octanol–water partition coefficient (Wildman–Crippen LogP) is -0.486. The van der Waals surface area contributed by atoms with Gasteiger partial charge >= 0.3 is 0 Å². The topological polar surface area (TPSA) is 55.8 Å². The fourth-order valence-electron chi connectivity index (χ4n) is 0.336. The van der Waals surface area contributed by atoms with Crippen LogP contribution < -0.4 is 0 Å². The third kappa shape index (κ3) is 5.26. The quantitative estimate of drug-likeness (QED) is 0.407. The number of carbonyl (C=O) groups excluding carboxylic acids is 1. The standard InChI is InChI=1S/C5H10O4/c1-5(9-4-7)8-3-2-6/h4-6H,2-3H2,1H3. The van der Waals surface area contributed by atoms with Gasteiger partial charge in [-0.05, 0) is 6.92 Å². The van der Waals surface area contributed by atoms with E-state index in [2.05, 4.69) is 4.74 Å². The summed E-state index contributed by atoms with van der Waals surface area (Å²) < 4.78 is 9.06. The van der Waals surface area contributed by atoms with Crippen molar-refractivity contribution in [1.29, 1.82) is 0 Å². The predicted molar refractivity (Wildman–Crippen MR) is 29.6 cm³/mol. The van der Waals surface area contributed by atoms with Crippen LogP contribution in [0.15, 0.2) is 0 Å². The fraction of sp³-hybridized carbons (Fsp3) is 0.800. The Bertz CT molecular complexity index is 73.4. The average Bonchev–Trinajstić information content (AvgIpc) is 1.85. The van der Waals surface area contributed by atoms with Gasteiger partial charge in [-0.15, -0.1) is 0 Å². The van der Waals surface area contributed by atoms with E-state index < -0.39 is 6.29 Å². The van der Waals surface area contributed by atoms with E-state index in [0.29, 0.717) is 6.47 Å². The van der Waals surface area contributed by atoms with Gasteiger partial charge in [-0.3, -0.25) is 4.79 Å². The van der Waals surface area contributed by atoms with E-state index in [4.69, 9.17) is 9.84 Å².